The van der Waals surface area contributed by atoms with Gasteiger partial charge >= 0.3 is 5.97 Å². The normalized spacial score (nSPS) is 10.4. The number of rotatable bonds is 6. The molecule has 0 aliphatic rings. The zero-order valence-electron chi connectivity index (χ0n) is 12.2. The van der Waals surface area contributed by atoms with Crippen LogP contribution in [0.2, 0.25) is 0 Å². The maximum absolute atomic E-state index is 11.0. The Morgan fingerprint density at radius 1 is 1.22 bits per heavy atom. The smallest absolute Gasteiger partial charge is 0.308 e. The molecule has 1 aromatic carbocycles. The largest absolute Gasteiger partial charge is 0.481 e. The van der Waals surface area contributed by atoms with E-state index in [1.54, 1.807) is 18.5 Å². The molecule has 0 fully saturated rings. The van der Waals surface area contributed by atoms with Gasteiger partial charge in [-0.15, -0.1) is 0 Å². The lowest BCUT2D eigenvalue weighted by atomic mass is 10.2. The highest BCUT2D eigenvalue weighted by Gasteiger charge is 2.13. The lowest BCUT2D eigenvalue weighted by molar-refractivity contribution is -0.136. The van der Waals surface area contributed by atoms with Crippen molar-refractivity contribution in [1.82, 2.24) is 19.7 Å². The Labute approximate surface area is 132 Å². The molecule has 0 radical (unpaired) electrons. The van der Waals surface area contributed by atoms with Crippen LogP contribution < -0.4 is 4.74 Å². The van der Waals surface area contributed by atoms with Crippen LogP contribution in [-0.4, -0.2) is 30.8 Å². The lowest BCUT2D eigenvalue weighted by Gasteiger charge is -2.10. The van der Waals surface area contributed by atoms with Gasteiger partial charge in [-0.25, -0.2) is 9.67 Å². The number of nitrogens with zero attached hydrogens (tertiary/aromatic N) is 4. The minimum Gasteiger partial charge on any atom is -0.481 e. The van der Waals surface area contributed by atoms with E-state index in [9.17, 15) is 4.79 Å². The van der Waals surface area contributed by atoms with E-state index in [0.717, 1.165) is 5.56 Å². The van der Waals surface area contributed by atoms with Gasteiger partial charge in [0, 0.05) is 24.2 Å². The summed E-state index contributed by atoms with van der Waals surface area (Å²) in [5.74, 6) is -0.394. The van der Waals surface area contributed by atoms with Gasteiger partial charge in [-0.3, -0.25) is 4.79 Å². The summed E-state index contributed by atoms with van der Waals surface area (Å²) in [5, 5.41) is 13.1. The zero-order chi connectivity index (χ0) is 16.1. The van der Waals surface area contributed by atoms with Crippen LogP contribution in [0.4, 0.5) is 0 Å². The monoisotopic (exact) mass is 310 g/mol. The predicted octanol–water partition coefficient (Wildman–Crippen LogP) is 1.87. The van der Waals surface area contributed by atoms with Crippen LogP contribution in [0.1, 0.15) is 11.1 Å². The Bertz CT molecular complexity index is 788. The molecule has 0 aliphatic heterocycles. The molecule has 1 N–H and O–H groups in total. The van der Waals surface area contributed by atoms with Crippen LogP contribution in [0.5, 0.6) is 5.88 Å². The first kappa shape index (κ1) is 14.7. The minimum absolute atomic E-state index is 0.205. The number of carboxylic acids is 1. The average Bonchev–Trinajstić information content (AvgIpc) is 3.09. The number of carboxylic acid groups (broad SMARTS) is 1. The van der Waals surface area contributed by atoms with Crippen molar-refractivity contribution in [1.29, 1.82) is 0 Å². The number of carbonyl (C=O) groups is 1. The van der Waals surface area contributed by atoms with E-state index in [1.165, 1.54) is 10.9 Å². The molecule has 0 bridgehead atoms. The molecule has 0 atom stereocenters. The van der Waals surface area contributed by atoms with E-state index in [1.807, 2.05) is 30.3 Å². The maximum Gasteiger partial charge on any atom is 0.308 e. The molecule has 7 nitrogen and oxygen atoms in total. The molecule has 0 spiro atoms. The molecule has 3 aromatic rings. The quantitative estimate of drug-likeness (QED) is 0.747. The standard InChI is InChI=1S/C16H14N4O3/c21-14(22)9-13-10-17-16(20-8-4-7-18-20)19-15(13)23-11-12-5-2-1-3-6-12/h1-8,10H,9,11H2,(H,21,22). The van der Waals surface area contributed by atoms with Gasteiger partial charge in [0.1, 0.15) is 6.61 Å². The summed E-state index contributed by atoms with van der Waals surface area (Å²) in [5.41, 5.74) is 1.39. The molecule has 7 heteroatoms. The maximum atomic E-state index is 11.0. The fraction of sp³-hybridized carbons (Fsp3) is 0.125. The van der Waals surface area contributed by atoms with Crippen molar-refractivity contribution in [3.05, 3.63) is 66.1 Å². The molecule has 0 saturated heterocycles. The fourth-order valence-electron chi connectivity index (χ4n) is 2.01. The second-order valence-electron chi connectivity index (χ2n) is 4.80. The first-order valence-corrected chi connectivity index (χ1v) is 6.97. The second-order valence-corrected chi connectivity index (χ2v) is 4.80. The van der Waals surface area contributed by atoms with Crippen molar-refractivity contribution in [2.75, 3.05) is 0 Å². The first-order chi connectivity index (χ1) is 11.2. The third-order valence-corrected chi connectivity index (χ3v) is 3.08. The van der Waals surface area contributed by atoms with Gasteiger partial charge < -0.3 is 9.84 Å². The van der Waals surface area contributed by atoms with E-state index in [4.69, 9.17) is 9.84 Å². The van der Waals surface area contributed by atoms with Gasteiger partial charge in [-0.05, 0) is 11.6 Å². The Kier molecular flexibility index (Phi) is 4.28. The highest BCUT2D eigenvalue weighted by atomic mass is 16.5. The van der Waals surface area contributed by atoms with Crippen molar-refractivity contribution in [2.45, 2.75) is 13.0 Å². The average molecular weight is 310 g/mol. The number of benzene rings is 1. The highest BCUT2D eigenvalue weighted by molar-refractivity contribution is 5.70. The van der Waals surface area contributed by atoms with Crippen molar-refractivity contribution in [3.8, 4) is 11.8 Å². The van der Waals surface area contributed by atoms with E-state index in [-0.39, 0.29) is 12.3 Å². The number of hydrogen-bond acceptors (Lipinski definition) is 5. The second kappa shape index (κ2) is 6.69. The van der Waals surface area contributed by atoms with Crippen LogP contribution in [0.3, 0.4) is 0 Å². The SMILES string of the molecule is O=C(O)Cc1cnc(-n2cccn2)nc1OCc1ccccc1. The van der Waals surface area contributed by atoms with Gasteiger partial charge in [0.05, 0.1) is 6.42 Å². The Morgan fingerprint density at radius 2 is 2.04 bits per heavy atom. The van der Waals surface area contributed by atoms with Crippen LogP contribution in [0.15, 0.2) is 55.0 Å². The zero-order valence-corrected chi connectivity index (χ0v) is 12.2. The number of aliphatic carboxylic acids is 1. The van der Waals surface area contributed by atoms with E-state index in [0.29, 0.717) is 18.1 Å². The van der Waals surface area contributed by atoms with Crippen molar-refractivity contribution in [3.63, 3.8) is 0 Å². The van der Waals surface area contributed by atoms with Crippen molar-refractivity contribution in [2.24, 2.45) is 0 Å². The van der Waals surface area contributed by atoms with Gasteiger partial charge in [0.2, 0.25) is 5.88 Å². The van der Waals surface area contributed by atoms with Gasteiger partial charge in [-0.1, -0.05) is 30.3 Å². The molecule has 116 valence electrons. The Hall–Kier alpha value is -3.22. The molecule has 3 rings (SSSR count). The number of aromatic nitrogens is 4. The van der Waals surface area contributed by atoms with Gasteiger partial charge in [-0.2, -0.15) is 10.1 Å². The first-order valence-electron chi connectivity index (χ1n) is 6.97. The van der Waals surface area contributed by atoms with Crippen molar-refractivity contribution < 1.29 is 14.6 Å². The molecular formula is C16H14N4O3. The molecule has 2 aromatic heterocycles. The molecule has 23 heavy (non-hydrogen) atoms. The van der Waals surface area contributed by atoms with Crippen molar-refractivity contribution >= 4 is 5.97 Å². The summed E-state index contributed by atoms with van der Waals surface area (Å²) in [6.45, 7) is 0.295. The molecule has 0 aliphatic carbocycles. The third-order valence-electron chi connectivity index (χ3n) is 3.08. The summed E-state index contributed by atoms with van der Waals surface area (Å²) < 4.78 is 7.19. The molecule has 0 saturated carbocycles. The van der Waals surface area contributed by atoms with Crippen LogP contribution in [0.25, 0.3) is 5.95 Å². The van der Waals surface area contributed by atoms with Crippen LogP contribution in [-0.2, 0) is 17.8 Å². The molecule has 2 heterocycles. The minimum atomic E-state index is -0.968. The van der Waals surface area contributed by atoms with Gasteiger partial charge in [0.25, 0.3) is 5.95 Å². The molecule has 0 unspecified atom stereocenters. The number of hydrogen-bond donors (Lipinski definition) is 1. The summed E-state index contributed by atoms with van der Waals surface area (Å²) in [6.07, 6.45) is 4.56. The van der Waals surface area contributed by atoms with Gasteiger partial charge in [0.15, 0.2) is 0 Å². The highest BCUT2D eigenvalue weighted by Crippen LogP contribution is 2.18. The number of ether oxygens (including phenoxy) is 1. The lowest BCUT2D eigenvalue weighted by Crippen LogP contribution is -2.10. The Morgan fingerprint density at radius 3 is 2.74 bits per heavy atom. The van der Waals surface area contributed by atoms with Crippen LogP contribution >= 0.6 is 0 Å². The van der Waals surface area contributed by atoms with Crippen LogP contribution in [0, 0.1) is 0 Å². The van der Waals surface area contributed by atoms with E-state index >= 15 is 0 Å². The van der Waals surface area contributed by atoms with E-state index in [2.05, 4.69) is 15.1 Å². The summed E-state index contributed by atoms with van der Waals surface area (Å²) in [4.78, 5) is 19.4. The summed E-state index contributed by atoms with van der Waals surface area (Å²) >= 11 is 0. The Balaban J connectivity index is 1.87. The third kappa shape index (κ3) is 3.70. The predicted molar refractivity (Wildman–Crippen MR) is 81.3 cm³/mol. The topological polar surface area (TPSA) is 90.1 Å². The molecule has 0 amide bonds. The summed E-state index contributed by atoms with van der Waals surface area (Å²) in [7, 11) is 0. The fourth-order valence-corrected chi connectivity index (χ4v) is 2.01. The molecular weight excluding hydrogens is 296 g/mol. The summed E-state index contributed by atoms with van der Waals surface area (Å²) in [6, 6.07) is 11.3. The van der Waals surface area contributed by atoms with E-state index < -0.39 is 5.97 Å².